The van der Waals surface area contributed by atoms with E-state index in [2.05, 4.69) is 5.32 Å². The molecule has 0 aliphatic heterocycles. The zero-order chi connectivity index (χ0) is 14.8. The summed E-state index contributed by atoms with van der Waals surface area (Å²) in [6.45, 7) is 1.45. The fourth-order valence-corrected chi connectivity index (χ4v) is 1.65. The summed E-state index contributed by atoms with van der Waals surface area (Å²) in [5, 5.41) is 11.2. The molecule has 0 bridgehead atoms. The topological polar surface area (TPSA) is 69.6 Å². The van der Waals surface area contributed by atoms with Gasteiger partial charge in [-0.3, -0.25) is 4.79 Å². The molecule has 0 unspecified atom stereocenters. The van der Waals surface area contributed by atoms with Crippen LogP contribution in [0, 0.1) is 5.41 Å². The first-order valence-electron chi connectivity index (χ1n) is 5.92. The lowest BCUT2D eigenvalue weighted by Gasteiger charge is -2.28. The Morgan fingerprint density at radius 3 is 2.21 bits per heavy atom. The van der Waals surface area contributed by atoms with Crippen LogP contribution < -0.4 is 5.32 Å². The summed E-state index contributed by atoms with van der Waals surface area (Å²) in [5.74, 6) is -1.03. The molecule has 0 heterocycles. The molecule has 2 N–H and O–H groups in total. The van der Waals surface area contributed by atoms with E-state index in [1.54, 1.807) is 0 Å². The summed E-state index contributed by atoms with van der Waals surface area (Å²) in [6.07, 6.45) is -3.61. The molecule has 1 saturated carbocycles. The van der Waals surface area contributed by atoms with E-state index in [1.807, 2.05) is 0 Å². The molecular formula is C11H17F3N2O3. The van der Waals surface area contributed by atoms with E-state index in [1.165, 1.54) is 13.8 Å². The quantitative estimate of drug-likeness (QED) is 0.808. The number of carboxylic acid groups (broad SMARTS) is 1. The number of nitrogens with one attached hydrogen (secondary N) is 1. The van der Waals surface area contributed by atoms with Crippen molar-refractivity contribution in [3.8, 4) is 0 Å². The number of hydrogen-bond donors (Lipinski definition) is 2. The van der Waals surface area contributed by atoms with Crippen LogP contribution in [0.2, 0.25) is 0 Å². The third-order valence-electron chi connectivity index (χ3n) is 3.12. The van der Waals surface area contributed by atoms with E-state index >= 15 is 0 Å². The average Bonchev–Trinajstić information content (AvgIpc) is 3.02. The van der Waals surface area contributed by atoms with Gasteiger partial charge in [0.05, 0.1) is 5.41 Å². The summed E-state index contributed by atoms with van der Waals surface area (Å²) in [7, 11) is 0. The Hall–Kier alpha value is -1.47. The van der Waals surface area contributed by atoms with Gasteiger partial charge in [0, 0.05) is 12.6 Å². The number of nitrogens with zero attached hydrogens (tertiary/aromatic N) is 1. The largest absolute Gasteiger partial charge is 0.481 e. The number of urea groups is 1. The summed E-state index contributed by atoms with van der Waals surface area (Å²) in [6, 6.07) is -1.51. The second kappa shape index (κ2) is 5.26. The fraction of sp³-hybridized carbons (Fsp3) is 0.818. The molecule has 1 rings (SSSR count). The predicted octanol–water partition coefficient (Wildman–Crippen LogP) is 1.83. The minimum absolute atomic E-state index is 0.137. The Morgan fingerprint density at radius 2 is 1.89 bits per heavy atom. The Balaban J connectivity index is 2.56. The van der Waals surface area contributed by atoms with Crippen LogP contribution in [0.25, 0.3) is 0 Å². The third kappa shape index (κ3) is 4.29. The van der Waals surface area contributed by atoms with Gasteiger partial charge in [0.1, 0.15) is 6.54 Å². The average molecular weight is 282 g/mol. The van der Waals surface area contributed by atoms with Gasteiger partial charge >= 0.3 is 18.2 Å². The van der Waals surface area contributed by atoms with Crippen LogP contribution in [0.1, 0.15) is 26.7 Å². The Kier molecular flexibility index (Phi) is 4.32. The van der Waals surface area contributed by atoms with Gasteiger partial charge in [-0.15, -0.1) is 0 Å². The van der Waals surface area contributed by atoms with Crippen LogP contribution in [0.15, 0.2) is 0 Å². The van der Waals surface area contributed by atoms with Crippen LogP contribution in [0.5, 0.6) is 0 Å². The van der Waals surface area contributed by atoms with Crippen molar-refractivity contribution < 1.29 is 27.9 Å². The second-order valence-electron chi connectivity index (χ2n) is 5.08. The molecule has 1 fully saturated rings. The van der Waals surface area contributed by atoms with Crippen LogP contribution in [0.4, 0.5) is 18.0 Å². The minimum Gasteiger partial charge on any atom is -0.481 e. The highest BCUT2D eigenvalue weighted by Gasteiger charge is 2.50. The van der Waals surface area contributed by atoms with Crippen molar-refractivity contribution in [2.45, 2.75) is 38.9 Å². The molecule has 2 amide bonds. The molecule has 0 aromatic heterocycles. The normalized spacial score (nSPS) is 17.2. The maximum Gasteiger partial charge on any atom is 0.406 e. The van der Waals surface area contributed by atoms with E-state index in [0.717, 1.165) is 0 Å². The van der Waals surface area contributed by atoms with Gasteiger partial charge in [-0.1, -0.05) is 0 Å². The number of rotatable bonds is 5. The van der Waals surface area contributed by atoms with Crippen molar-refractivity contribution in [2.24, 2.45) is 5.41 Å². The Labute approximate surface area is 108 Å². The molecule has 0 atom stereocenters. The lowest BCUT2D eigenvalue weighted by molar-refractivity contribution is -0.144. The number of carbonyl (C=O) groups excluding carboxylic acids is 1. The van der Waals surface area contributed by atoms with E-state index in [4.69, 9.17) is 5.11 Å². The smallest absolute Gasteiger partial charge is 0.406 e. The van der Waals surface area contributed by atoms with E-state index in [9.17, 15) is 22.8 Å². The zero-order valence-electron chi connectivity index (χ0n) is 10.8. The Morgan fingerprint density at radius 1 is 1.37 bits per heavy atom. The highest BCUT2D eigenvalue weighted by molar-refractivity contribution is 5.80. The lowest BCUT2D eigenvalue weighted by atomic mass is 10.1. The van der Waals surface area contributed by atoms with Gasteiger partial charge < -0.3 is 15.3 Å². The monoisotopic (exact) mass is 282 g/mol. The summed E-state index contributed by atoms with van der Waals surface area (Å²) in [4.78, 5) is 23.2. The van der Waals surface area contributed by atoms with Gasteiger partial charge in [0.15, 0.2) is 0 Å². The highest BCUT2D eigenvalue weighted by Crippen LogP contribution is 2.45. The number of carboxylic acids is 1. The second-order valence-corrected chi connectivity index (χ2v) is 5.08. The van der Waals surface area contributed by atoms with Gasteiger partial charge in [-0.2, -0.15) is 13.2 Å². The first kappa shape index (κ1) is 15.6. The fourth-order valence-electron chi connectivity index (χ4n) is 1.65. The molecule has 5 nitrogen and oxygen atoms in total. The molecule has 110 valence electrons. The van der Waals surface area contributed by atoms with Crippen LogP contribution >= 0.6 is 0 Å². The molecule has 0 radical (unpaired) electrons. The van der Waals surface area contributed by atoms with Gasteiger partial charge in [0.25, 0.3) is 0 Å². The first-order chi connectivity index (χ1) is 8.57. The van der Waals surface area contributed by atoms with Crippen LogP contribution in [-0.2, 0) is 4.79 Å². The Bertz CT molecular complexity index is 365. The SMILES string of the molecule is CC(C)N(CC(F)(F)F)C(=O)NCC1(C(=O)O)CC1. The van der Waals surface area contributed by atoms with Crippen molar-refractivity contribution in [1.29, 1.82) is 0 Å². The van der Waals surface area contributed by atoms with Gasteiger partial charge in [-0.25, -0.2) is 4.79 Å². The summed E-state index contributed by atoms with van der Waals surface area (Å²) in [5.41, 5.74) is -0.990. The molecule has 0 aromatic rings. The first-order valence-corrected chi connectivity index (χ1v) is 5.92. The summed E-state index contributed by atoms with van der Waals surface area (Å²) < 4.78 is 37.0. The molecule has 8 heteroatoms. The molecule has 0 saturated heterocycles. The number of alkyl halides is 3. The number of hydrogen-bond acceptors (Lipinski definition) is 2. The lowest BCUT2D eigenvalue weighted by Crippen LogP contribution is -2.49. The minimum atomic E-state index is -4.48. The maximum atomic E-state index is 12.3. The molecule has 0 aromatic carbocycles. The molecule has 1 aliphatic carbocycles. The van der Waals surface area contributed by atoms with Crippen molar-refractivity contribution in [1.82, 2.24) is 10.2 Å². The van der Waals surface area contributed by atoms with Crippen molar-refractivity contribution >= 4 is 12.0 Å². The van der Waals surface area contributed by atoms with E-state index < -0.39 is 36.2 Å². The van der Waals surface area contributed by atoms with Crippen molar-refractivity contribution in [3.63, 3.8) is 0 Å². The molecule has 1 aliphatic rings. The highest BCUT2D eigenvalue weighted by atomic mass is 19.4. The third-order valence-corrected chi connectivity index (χ3v) is 3.12. The van der Waals surface area contributed by atoms with Crippen LogP contribution in [0.3, 0.4) is 0 Å². The molecule has 19 heavy (non-hydrogen) atoms. The number of amides is 2. The van der Waals surface area contributed by atoms with E-state index in [-0.39, 0.29) is 6.54 Å². The molecular weight excluding hydrogens is 265 g/mol. The van der Waals surface area contributed by atoms with Crippen molar-refractivity contribution in [3.05, 3.63) is 0 Å². The number of carbonyl (C=O) groups is 2. The molecule has 0 spiro atoms. The summed E-state index contributed by atoms with van der Waals surface area (Å²) >= 11 is 0. The number of aliphatic carboxylic acids is 1. The number of halogens is 3. The van der Waals surface area contributed by atoms with Gasteiger partial charge in [0.2, 0.25) is 0 Å². The standard InChI is InChI=1S/C11H17F3N2O3/c1-7(2)16(6-11(12,13)14)9(19)15-5-10(3-4-10)8(17)18/h7H,3-6H2,1-2H3,(H,15,19)(H,17,18). The van der Waals surface area contributed by atoms with Gasteiger partial charge in [-0.05, 0) is 26.7 Å². The zero-order valence-corrected chi connectivity index (χ0v) is 10.8. The maximum absolute atomic E-state index is 12.3. The predicted molar refractivity (Wildman–Crippen MR) is 60.6 cm³/mol. The van der Waals surface area contributed by atoms with E-state index in [0.29, 0.717) is 17.7 Å². The van der Waals surface area contributed by atoms with Crippen LogP contribution in [-0.4, -0.2) is 47.3 Å². The van der Waals surface area contributed by atoms with Crippen molar-refractivity contribution in [2.75, 3.05) is 13.1 Å².